The van der Waals surface area contributed by atoms with Gasteiger partial charge >= 0.3 is 6.09 Å². The Morgan fingerprint density at radius 2 is 1.53 bits per heavy atom. The van der Waals surface area contributed by atoms with Gasteiger partial charge in [-0.2, -0.15) is 0 Å². The molecule has 246 valence electrons. The van der Waals surface area contributed by atoms with Crippen molar-refractivity contribution in [1.29, 1.82) is 0 Å². The predicted molar refractivity (Wildman–Crippen MR) is 189 cm³/mol. The van der Waals surface area contributed by atoms with E-state index in [9.17, 15) is 13.2 Å². The zero-order chi connectivity index (χ0) is 33.5. The lowest BCUT2D eigenvalue weighted by molar-refractivity contribution is 0.0165. The van der Waals surface area contributed by atoms with Crippen molar-refractivity contribution < 1.29 is 22.7 Å². The number of halogens is 2. The number of nitrogens with zero attached hydrogens (tertiary/aromatic N) is 2. The largest absolute Gasteiger partial charge is 0.491 e. The topological polar surface area (TPSA) is 89.9 Å². The lowest BCUT2D eigenvalue weighted by Gasteiger charge is -2.33. The number of hydrogen-bond acceptors (Lipinski definition) is 6. The molecule has 0 saturated carbocycles. The molecule has 1 fully saturated rings. The Balaban J connectivity index is 1.42. The minimum absolute atomic E-state index is 0.151. The van der Waals surface area contributed by atoms with Crippen molar-refractivity contribution in [2.45, 2.75) is 51.0 Å². The van der Waals surface area contributed by atoms with Gasteiger partial charge in [-0.25, -0.2) is 17.2 Å². The zero-order valence-corrected chi connectivity index (χ0v) is 29.0. The van der Waals surface area contributed by atoms with Gasteiger partial charge in [0, 0.05) is 51.3 Å². The van der Waals surface area contributed by atoms with Gasteiger partial charge in [0.15, 0.2) is 0 Å². The first-order chi connectivity index (χ1) is 22.3. The number of nitrogens with one attached hydrogen (secondary N) is 1. The van der Waals surface area contributed by atoms with Crippen LogP contribution in [0.2, 0.25) is 10.0 Å². The maximum atomic E-state index is 14.4. The number of aryl methyl sites for hydroxylation is 1. The van der Waals surface area contributed by atoms with Crippen LogP contribution in [0.15, 0.2) is 83.8 Å². The average molecular weight is 695 g/mol. The SMILES string of the molecule is Cc1ccc(S(=O)(=O)n2c3ccc(Cl)cc3c3cc(Nc4ccc(Cl)cc4)cc(OCC4CCN(C(=O)OC(C)(C)C)CC4)c32)cc1. The summed E-state index contributed by atoms with van der Waals surface area (Å²) in [5, 5.41) is 5.87. The van der Waals surface area contributed by atoms with E-state index in [1.807, 2.05) is 52.0 Å². The van der Waals surface area contributed by atoms with Crippen molar-refractivity contribution in [2.75, 3.05) is 25.0 Å². The highest BCUT2D eigenvalue weighted by atomic mass is 35.5. The van der Waals surface area contributed by atoms with Crippen molar-refractivity contribution in [3.8, 4) is 5.75 Å². The fraction of sp³-hybridized carbons (Fsp3) is 0.306. The summed E-state index contributed by atoms with van der Waals surface area (Å²) in [5.41, 5.74) is 2.83. The molecule has 0 atom stereocenters. The third kappa shape index (κ3) is 7.17. The summed E-state index contributed by atoms with van der Waals surface area (Å²) in [7, 11) is -4.05. The van der Waals surface area contributed by atoms with E-state index in [4.69, 9.17) is 32.7 Å². The van der Waals surface area contributed by atoms with Crippen LogP contribution in [0.5, 0.6) is 5.75 Å². The molecular formula is C36H37Cl2N3O5S. The Morgan fingerprint density at radius 3 is 2.19 bits per heavy atom. The van der Waals surface area contributed by atoms with E-state index in [-0.39, 0.29) is 16.9 Å². The zero-order valence-electron chi connectivity index (χ0n) is 26.7. The molecule has 4 aromatic carbocycles. The molecule has 47 heavy (non-hydrogen) atoms. The summed E-state index contributed by atoms with van der Waals surface area (Å²) < 4.78 is 42.3. The monoisotopic (exact) mass is 693 g/mol. The second kappa shape index (κ2) is 12.9. The third-order valence-corrected chi connectivity index (χ3v) is 10.4. The standard InChI is InChI=1S/C36H37Cl2N3O5S/c1-23-5-12-29(13-6-23)47(43,44)41-32-14-9-26(38)19-30(32)31-20-28(39-27-10-7-25(37)8-11-27)21-33(34(31)41)45-22-24-15-17-40(18-16-24)35(42)46-36(2,3)4/h5-14,19-21,24,39H,15-18,22H2,1-4H3. The molecule has 2 heterocycles. The fourth-order valence-electron chi connectivity index (χ4n) is 5.81. The number of rotatable bonds is 7. The predicted octanol–water partition coefficient (Wildman–Crippen LogP) is 9.42. The van der Waals surface area contributed by atoms with Crippen molar-refractivity contribution in [3.63, 3.8) is 0 Å². The first-order valence-corrected chi connectivity index (χ1v) is 17.7. The second-order valence-electron chi connectivity index (χ2n) is 13.0. The smallest absolute Gasteiger partial charge is 0.410 e. The van der Waals surface area contributed by atoms with Crippen LogP contribution in [-0.4, -0.2) is 48.7 Å². The number of ether oxygens (including phenoxy) is 2. The number of carbonyl (C=O) groups excluding carboxylic acids is 1. The van der Waals surface area contributed by atoms with Crippen LogP contribution in [0.3, 0.4) is 0 Å². The number of hydrogen-bond donors (Lipinski definition) is 1. The summed E-state index contributed by atoms with van der Waals surface area (Å²) >= 11 is 12.6. The van der Waals surface area contributed by atoms with Gasteiger partial charge in [0.25, 0.3) is 10.0 Å². The van der Waals surface area contributed by atoms with E-state index in [1.54, 1.807) is 59.5 Å². The first kappa shape index (κ1) is 33.0. The maximum Gasteiger partial charge on any atom is 0.410 e. The van der Waals surface area contributed by atoms with E-state index in [2.05, 4.69) is 5.32 Å². The summed E-state index contributed by atoms with van der Waals surface area (Å²) in [6.45, 7) is 8.93. The molecule has 1 amide bonds. The first-order valence-electron chi connectivity index (χ1n) is 15.5. The maximum absolute atomic E-state index is 14.4. The van der Waals surface area contributed by atoms with Gasteiger partial charge in [0.1, 0.15) is 16.9 Å². The molecule has 1 saturated heterocycles. The van der Waals surface area contributed by atoms with Crippen LogP contribution in [-0.2, 0) is 14.8 Å². The minimum Gasteiger partial charge on any atom is -0.491 e. The van der Waals surface area contributed by atoms with Gasteiger partial charge in [-0.1, -0.05) is 40.9 Å². The van der Waals surface area contributed by atoms with Crippen molar-refractivity contribution in [2.24, 2.45) is 5.92 Å². The average Bonchev–Trinajstić information content (AvgIpc) is 3.35. The molecular weight excluding hydrogens is 657 g/mol. The Hall–Kier alpha value is -3.92. The Labute approximate surface area is 285 Å². The molecule has 1 aliphatic heterocycles. The van der Waals surface area contributed by atoms with Crippen LogP contribution >= 0.6 is 23.2 Å². The van der Waals surface area contributed by atoms with E-state index in [1.165, 1.54) is 3.97 Å². The molecule has 0 spiro atoms. The molecule has 0 radical (unpaired) electrons. The number of fused-ring (bicyclic) bond motifs is 3. The number of anilines is 2. The summed E-state index contributed by atoms with van der Waals surface area (Å²) in [6.07, 6.45) is 1.14. The number of aromatic nitrogens is 1. The van der Waals surface area contributed by atoms with Crippen molar-refractivity contribution in [1.82, 2.24) is 8.87 Å². The highest BCUT2D eigenvalue weighted by molar-refractivity contribution is 7.90. The number of likely N-dealkylation sites (tertiary alicyclic amines) is 1. The lowest BCUT2D eigenvalue weighted by Crippen LogP contribution is -2.42. The lowest BCUT2D eigenvalue weighted by atomic mass is 9.98. The summed E-state index contributed by atoms with van der Waals surface area (Å²) in [5.74, 6) is 0.564. The molecule has 5 aromatic rings. The van der Waals surface area contributed by atoms with E-state index < -0.39 is 15.6 Å². The third-order valence-electron chi connectivity index (χ3n) is 8.18. The molecule has 8 nitrogen and oxygen atoms in total. The van der Waals surface area contributed by atoms with Gasteiger partial charge in [0.2, 0.25) is 0 Å². The number of benzene rings is 4. The van der Waals surface area contributed by atoms with E-state index in [0.717, 1.165) is 24.1 Å². The Morgan fingerprint density at radius 1 is 0.872 bits per heavy atom. The van der Waals surface area contributed by atoms with Crippen molar-refractivity contribution >= 4 is 72.5 Å². The molecule has 1 aromatic heterocycles. The second-order valence-corrected chi connectivity index (χ2v) is 15.6. The van der Waals surface area contributed by atoms with E-state index >= 15 is 0 Å². The minimum atomic E-state index is -4.05. The summed E-state index contributed by atoms with van der Waals surface area (Å²) in [6, 6.07) is 23.1. The fourth-order valence-corrected chi connectivity index (χ4v) is 7.64. The quantitative estimate of drug-likeness (QED) is 0.183. The molecule has 11 heteroatoms. The normalized spacial score (nSPS) is 14.5. The number of carbonyl (C=O) groups is 1. The highest BCUT2D eigenvalue weighted by Crippen LogP contribution is 2.41. The van der Waals surface area contributed by atoms with Crippen molar-refractivity contribution in [3.05, 3.63) is 94.5 Å². The van der Waals surface area contributed by atoms with Gasteiger partial charge in [-0.3, -0.25) is 0 Å². The summed E-state index contributed by atoms with van der Waals surface area (Å²) in [4.78, 5) is 14.5. The Kier molecular flexibility index (Phi) is 9.09. The van der Waals surface area contributed by atoms with Gasteiger partial charge < -0.3 is 19.7 Å². The van der Waals surface area contributed by atoms with Gasteiger partial charge in [0.05, 0.1) is 17.0 Å². The Bertz CT molecular complexity index is 2050. The molecule has 0 unspecified atom stereocenters. The molecule has 1 N–H and O–H groups in total. The van der Waals surface area contributed by atoms with Gasteiger partial charge in [-0.05, 0) is 107 Å². The van der Waals surface area contributed by atoms with Gasteiger partial charge in [-0.15, -0.1) is 0 Å². The molecule has 6 rings (SSSR count). The highest BCUT2D eigenvalue weighted by Gasteiger charge is 2.29. The van der Waals surface area contributed by atoms with E-state index in [0.29, 0.717) is 63.0 Å². The number of piperidine rings is 1. The molecule has 0 bridgehead atoms. The molecule has 0 aliphatic carbocycles. The van der Waals surface area contributed by atoms with Crippen LogP contribution in [0.4, 0.5) is 16.2 Å². The van der Waals surface area contributed by atoms with Crippen LogP contribution in [0.25, 0.3) is 21.8 Å². The number of amides is 1. The van der Waals surface area contributed by atoms with Crippen LogP contribution in [0.1, 0.15) is 39.2 Å². The van der Waals surface area contributed by atoms with Crippen LogP contribution < -0.4 is 10.1 Å². The van der Waals surface area contributed by atoms with Crippen LogP contribution in [0, 0.1) is 12.8 Å². The molecule has 1 aliphatic rings.